The lowest BCUT2D eigenvalue weighted by Gasteiger charge is -2.10. The normalized spacial score (nSPS) is 12.4. The molecule has 0 aliphatic carbocycles. The molecule has 0 amide bonds. The van der Waals surface area contributed by atoms with Gasteiger partial charge in [-0.2, -0.15) is 0 Å². The minimum absolute atomic E-state index is 0.0187. The molecule has 94 valence electrons. The van der Waals surface area contributed by atoms with Crippen molar-refractivity contribution < 1.29 is 9.90 Å². The molecule has 1 aromatic rings. The zero-order valence-corrected chi connectivity index (χ0v) is 10.4. The first-order valence-corrected chi connectivity index (χ1v) is 6.19. The van der Waals surface area contributed by atoms with Crippen molar-refractivity contribution in [3.8, 4) is 0 Å². The molecule has 0 saturated heterocycles. The van der Waals surface area contributed by atoms with Crippen LogP contribution in [0.2, 0.25) is 0 Å². The van der Waals surface area contributed by atoms with Crippen LogP contribution in [0.5, 0.6) is 0 Å². The molecular weight excluding hydrogens is 214 g/mol. The summed E-state index contributed by atoms with van der Waals surface area (Å²) in [5, 5.41) is 8.66. The summed E-state index contributed by atoms with van der Waals surface area (Å²) in [6, 6.07) is 7.57. The Morgan fingerprint density at radius 1 is 1.29 bits per heavy atom. The molecule has 0 aromatic heterocycles. The summed E-state index contributed by atoms with van der Waals surface area (Å²) in [6.07, 6.45) is 4.75. The Balaban J connectivity index is 2.52. The van der Waals surface area contributed by atoms with E-state index in [1.165, 1.54) is 24.8 Å². The van der Waals surface area contributed by atoms with E-state index < -0.39 is 12.0 Å². The Hall–Kier alpha value is -1.35. The Kier molecular flexibility index (Phi) is 5.70. The average Bonchev–Trinajstić information content (AvgIpc) is 2.29. The molecule has 1 rings (SSSR count). The minimum Gasteiger partial charge on any atom is -0.481 e. The first kappa shape index (κ1) is 13.7. The van der Waals surface area contributed by atoms with Gasteiger partial charge in [-0.1, -0.05) is 44.0 Å². The van der Waals surface area contributed by atoms with Crippen LogP contribution in [0.15, 0.2) is 24.3 Å². The second-order valence-electron chi connectivity index (χ2n) is 4.40. The van der Waals surface area contributed by atoms with Crippen molar-refractivity contribution in [2.45, 2.75) is 45.1 Å². The maximum Gasteiger partial charge on any atom is 0.305 e. The third-order valence-electron chi connectivity index (χ3n) is 2.87. The van der Waals surface area contributed by atoms with Gasteiger partial charge in [0.2, 0.25) is 0 Å². The van der Waals surface area contributed by atoms with Gasteiger partial charge in [-0.05, 0) is 24.0 Å². The number of carboxylic acid groups (broad SMARTS) is 1. The molecule has 0 radical (unpaired) electrons. The standard InChI is InChI=1S/C14H21NO2/c1-2-3-4-5-11-6-8-12(9-7-11)13(15)10-14(16)17/h6-9,13H,2-5,10,15H2,1H3,(H,16,17). The van der Waals surface area contributed by atoms with Gasteiger partial charge in [0.1, 0.15) is 0 Å². The molecule has 0 aliphatic heterocycles. The van der Waals surface area contributed by atoms with Gasteiger partial charge in [-0.25, -0.2) is 0 Å². The Morgan fingerprint density at radius 3 is 2.47 bits per heavy atom. The lowest BCUT2D eigenvalue weighted by Crippen LogP contribution is -2.14. The highest BCUT2D eigenvalue weighted by Crippen LogP contribution is 2.16. The number of hydrogen-bond acceptors (Lipinski definition) is 2. The highest BCUT2D eigenvalue weighted by Gasteiger charge is 2.09. The zero-order chi connectivity index (χ0) is 12.7. The predicted octanol–water partition coefficient (Wildman–Crippen LogP) is 2.89. The fourth-order valence-corrected chi connectivity index (χ4v) is 1.82. The number of aryl methyl sites for hydroxylation is 1. The van der Waals surface area contributed by atoms with Crippen molar-refractivity contribution in [3.63, 3.8) is 0 Å². The monoisotopic (exact) mass is 235 g/mol. The summed E-state index contributed by atoms with van der Waals surface area (Å²) in [5.41, 5.74) is 7.98. The van der Waals surface area contributed by atoms with Gasteiger partial charge < -0.3 is 10.8 Å². The Labute approximate surface area is 103 Å². The van der Waals surface area contributed by atoms with E-state index in [0.717, 1.165) is 12.0 Å². The van der Waals surface area contributed by atoms with Crippen molar-refractivity contribution in [2.75, 3.05) is 0 Å². The maximum absolute atomic E-state index is 10.5. The highest BCUT2D eigenvalue weighted by molar-refractivity contribution is 5.67. The second kappa shape index (κ2) is 7.07. The van der Waals surface area contributed by atoms with Crippen LogP contribution in [0.3, 0.4) is 0 Å². The van der Waals surface area contributed by atoms with Crippen LogP contribution in [-0.4, -0.2) is 11.1 Å². The number of nitrogens with two attached hydrogens (primary N) is 1. The molecule has 1 aromatic carbocycles. The third-order valence-corrected chi connectivity index (χ3v) is 2.87. The number of rotatable bonds is 7. The fourth-order valence-electron chi connectivity index (χ4n) is 1.82. The molecule has 0 spiro atoms. The van der Waals surface area contributed by atoms with Crippen LogP contribution < -0.4 is 5.73 Å². The van der Waals surface area contributed by atoms with E-state index in [1.807, 2.05) is 24.3 Å². The summed E-state index contributed by atoms with van der Waals surface area (Å²) in [6.45, 7) is 2.19. The van der Waals surface area contributed by atoms with Crippen molar-refractivity contribution in [1.82, 2.24) is 0 Å². The van der Waals surface area contributed by atoms with Crippen LogP contribution >= 0.6 is 0 Å². The summed E-state index contributed by atoms with van der Waals surface area (Å²) in [4.78, 5) is 10.5. The zero-order valence-electron chi connectivity index (χ0n) is 10.4. The summed E-state index contributed by atoms with van der Waals surface area (Å²) < 4.78 is 0. The van der Waals surface area contributed by atoms with Gasteiger partial charge in [-0.3, -0.25) is 4.79 Å². The van der Waals surface area contributed by atoms with Gasteiger partial charge >= 0.3 is 5.97 Å². The van der Waals surface area contributed by atoms with E-state index in [0.29, 0.717) is 0 Å². The lowest BCUT2D eigenvalue weighted by atomic mass is 10.0. The topological polar surface area (TPSA) is 63.3 Å². The van der Waals surface area contributed by atoms with Crippen LogP contribution in [0.4, 0.5) is 0 Å². The van der Waals surface area contributed by atoms with Crippen molar-refractivity contribution in [2.24, 2.45) is 5.73 Å². The van der Waals surface area contributed by atoms with Gasteiger partial charge in [0, 0.05) is 6.04 Å². The number of benzene rings is 1. The first-order valence-electron chi connectivity index (χ1n) is 6.19. The minimum atomic E-state index is -0.857. The third kappa shape index (κ3) is 5.00. The van der Waals surface area contributed by atoms with Gasteiger partial charge in [0.05, 0.1) is 6.42 Å². The molecule has 0 fully saturated rings. The molecule has 0 bridgehead atoms. The van der Waals surface area contributed by atoms with Crippen LogP contribution in [0.25, 0.3) is 0 Å². The second-order valence-corrected chi connectivity index (χ2v) is 4.40. The predicted molar refractivity (Wildman–Crippen MR) is 68.9 cm³/mol. The average molecular weight is 235 g/mol. The SMILES string of the molecule is CCCCCc1ccc(C(N)CC(=O)O)cc1. The number of aliphatic carboxylic acids is 1. The molecule has 17 heavy (non-hydrogen) atoms. The molecule has 3 heteroatoms. The molecular formula is C14H21NO2. The molecule has 3 N–H and O–H groups in total. The number of carbonyl (C=O) groups is 1. The number of carboxylic acids is 1. The summed E-state index contributed by atoms with van der Waals surface area (Å²) in [5.74, 6) is -0.857. The van der Waals surface area contributed by atoms with Gasteiger partial charge in [-0.15, -0.1) is 0 Å². The molecule has 1 atom stereocenters. The van der Waals surface area contributed by atoms with E-state index >= 15 is 0 Å². The molecule has 0 saturated carbocycles. The number of unbranched alkanes of at least 4 members (excludes halogenated alkanes) is 2. The molecule has 3 nitrogen and oxygen atoms in total. The maximum atomic E-state index is 10.5. The first-order chi connectivity index (χ1) is 8.13. The van der Waals surface area contributed by atoms with E-state index in [9.17, 15) is 4.79 Å². The van der Waals surface area contributed by atoms with E-state index in [4.69, 9.17) is 10.8 Å². The molecule has 0 heterocycles. The largest absolute Gasteiger partial charge is 0.481 e. The van der Waals surface area contributed by atoms with Crippen LogP contribution in [0.1, 0.15) is 49.8 Å². The van der Waals surface area contributed by atoms with E-state index in [-0.39, 0.29) is 6.42 Å². The van der Waals surface area contributed by atoms with E-state index in [2.05, 4.69) is 6.92 Å². The molecule has 0 aliphatic rings. The van der Waals surface area contributed by atoms with Gasteiger partial charge in [0.25, 0.3) is 0 Å². The summed E-state index contributed by atoms with van der Waals surface area (Å²) in [7, 11) is 0. The lowest BCUT2D eigenvalue weighted by molar-refractivity contribution is -0.137. The van der Waals surface area contributed by atoms with Crippen molar-refractivity contribution in [1.29, 1.82) is 0 Å². The molecule has 1 unspecified atom stereocenters. The highest BCUT2D eigenvalue weighted by atomic mass is 16.4. The van der Waals surface area contributed by atoms with Crippen molar-refractivity contribution >= 4 is 5.97 Å². The Morgan fingerprint density at radius 2 is 1.94 bits per heavy atom. The van der Waals surface area contributed by atoms with E-state index in [1.54, 1.807) is 0 Å². The number of hydrogen-bond donors (Lipinski definition) is 2. The van der Waals surface area contributed by atoms with Crippen LogP contribution in [0, 0.1) is 0 Å². The fraction of sp³-hybridized carbons (Fsp3) is 0.500. The Bertz CT molecular complexity index is 346. The summed E-state index contributed by atoms with van der Waals surface area (Å²) >= 11 is 0. The quantitative estimate of drug-likeness (QED) is 0.714. The van der Waals surface area contributed by atoms with Crippen molar-refractivity contribution in [3.05, 3.63) is 35.4 Å². The smallest absolute Gasteiger partial charge is 0.305 e. The van der Waals surface area contributed by atoms with Crippen LogP contribution in [-0.2, 0) is 11.2 Å². The van der Waals surface area contributed by atoms with Gasteiger partial charge in [0.15, 0.2) is 0 Å².